The van der Waals surface area contributed by atoms with Crippen molar-refractivity contribution >= 4 is 15.8 Å². The fourth-order valence-corrected chi connectivity index (χ4v) is 2.81. The zero-order valence-corrected chi connectivity index (χ0v) is 11.2. The van der Waals surface area contributed by atoms with Crippen LogP contribution in [0.2, 0.25) is 0 Å². The van der Waals surface area contributed by atoms with Gasteiger partial charge in [-0.2, -0.15) is 5.26 Å². The van der Waals surface area contributed by atoms with Gasteiger partial charge in [0, 0.05) is 0 Å². The van der Waals surface area contributed by atoms with Gasteiger partial charge in [-0.15, -0.1) is 0 Å². The summed E-state index contributed by atoms with van der Waals surface area (Å²) >= 11 is 0. The molecule has 0 radical (unpaired) electrons. The molecule has 0 aliphatic heterocycles. The van der Waals surface area contributed by atoms with E-state index in [1.165, 1.54) is 12.8 Å². The molecule has 0 fully saturated rings. The van der Waals surface area contributed by atoms with Crippen LogP contribution in [0.3, 0.4) is 0 Å². The van der Waals surface area contributed by atoms with E-state index in [2.05, 4.69) is 11.8 Å². The largest absolute Gasteiger partial charge is 0.343 e. The Morgan fingerprint density at radius 1 is 1.06 bits per heavy atom. The first-order valence-corrected chi connectivity index (χ1v) is 7.88. The molecule has 102 valence electrons. The molecule has 0 unspecified atom stereocenters. The van der Waals surface area contributed by atoms with Crippen LogP contribution >= 0.6 is 0 Å². The Morgan fingerprint density at radius 2 is 1.65 bits per heavy atom. The summed E-state index contributed by atoms with van der Waals surface area (Å²) in [6.45, 7) is 2.13. The van der Waals surface area contributed by atoms with Gasteiger partial charge < -0.3 is 4.89 Å². The molecule has 0 saturated carbocycles. The summed E-state index contributed by atoms with van der Waals surface area (Å²) in [7, 11) is -3.19. The van der Waals surface area contributed by atoms with Gasteiger partial charge in [-0.05, 0) is 6.42 Å². The van der Waals surface area contributed by atoms with Crippen molar-refractivity contribution in [2.24, 2.45) is 0 Å². The summed E-state index contributed by atoms with van der Waals surface area (Å²) in [5.41, 5.74) is 0. The maximum atomic E-state index is 11.5. The molecule has 5 nitrogen and oxygen atoms in total. The lowest BCUT2D eigenvalue weighted by atomic mass is 10.1. The van der Waals surface area contributed by atoms with Crippen molar-refractivity contribution < 1.29 is 23.4 Å². The van der Waals surface area contributed by atoms with E-state index in [-0.39, 0.29) is 17.9 Å². The van der Waals surface area contributed by atoms with Crippen LogP contribution in [-0.2, 0) is 19.5 Å². The predicted molar refractivity (Wildman–Crippen MR) is 65.4 cm³/mol. The van der Waals surface area contributed by atoms with E-state index < -0.39 is 15.8 Å². The van der Waals surface area contributed by atoms with Gasteiger partial charge in [0.1, 0.15) is 0 Å². The number of carbonyl (C=O) groups is 1. The summed E-state index contributed by atoms with van der Waals surface area (Å²) in [5.74, 6) is -1.05. The lowest BCUT2D eigenvalue weighted by Crippen LogP contribution is -2.15. The summed E-state index contributed by atoms with van der Waals surface area (Å²) in [6, 6.07) is 0. The zero-order chi connectivity index (χ0) is 13.1. The van der Waals surface area contributed by atoms with Crippen LogP contribution in [0.1, 0.15) is 51.9 Å². The van der Waals surface area contributed by atoms with Crippen molar-refractivity contribution in [3.8, 4) is 0 Å². The molecule has 0 spiro atoms. The first kappa shape index (κ1) is 16.4. The van der Waals surface area contributed by atoms with Crippen molar-refractivity contribution in [3.05, 3.63) is 0 Å². The van der Waals surface area contributed by atoms with Gasteiger partial charge in [-0.25, -0.2) is 13.2 Å². The quantitative estimate of drug-likeness (QED) is 0.372. The van der Waals surface area contributed by atoms with Crippen molar-refractivity contribution in [3.63, 3.8) is 0 Å². The van der Waals surface area contributed by atoms with Gasteiger partial charge in [0.15, 0.2) is 9.84 Å². The highest BCUT2D eigenvalue weighted by Crippen LogP contribution is 2.07. The molecule has 0 aromatic carbocycles. The molecule has 0 amide bonds. The maximum Gasteiger partial charge on any atom is 0.343 e. The third kappa shape index (κ3) is 10.3. The monoisotopic (exact) mass is 266 g/mol. The Kier molecular flexibility index (Phi) is 9.07. The number of unbranched alkanes of at least 4 members (excludes halogenated alkanes) is 5. The van der Waals surface area contributed by atoms with Crippen LogP contribution in [0.5, 0.6) is 0 Å². The van der Waals surface area contributed by atoms with Gasteiger partial charge in [0.25, 0.3) is 0 Å². The Balaban J connectivity index is 3.61. The van der Waals surface area contributed by atoms with Crippen LogP contribution in [0.25, 0.3) is 0 Å². The second kappa shape index (κ2) is 9.41. The second-order valence-corrected chi connectivity index (χ2v) is 6.44. The van der Waals surface area contributed by atoms with E-state index in [0.29, 0.717) is 6.42 Å². The average molecular weight is 266 g/mol. The summed E-state index contributed by atoms with van der Waals surface area (Å²) in [5, 5.41) is 7.98. The fraction of sp³-hybridized carbons (Fsp3) is 0.909. The Bertz CT molecular complexity index is 297. The maximum absolute atomic E-state index is 11.5. The molecule has 0 aromatic rings. The number of carbonyl (C=O) groups excluding carboxylic acids is 1. The highest BCUT2D eigenvalue weighted by Gasteiger charge is 2.13. The summed E-state index contributed by atoms with van der Waals surface area (Å²) < 4.78 is 22.9. The molecular formula is C11H22O5S. The first-order chi connectivity index (χ1) is 8.02. The van der Waals surface area contributed by atoms with Gasteiger partial charge in [0.05, 0.1) is 17.9 Å². The molecular weight excluding hydrogens is 244 g/mol. The van der Waals surface area contributed by atoms with Crippen LogP contribution < -0.4 is 0 Å². The van der Waals surface area contributed by atoms with Gasteiger partial charge in [0.2, 0.25) is 0 Å². The highest BCUT2D eigenvalue weighted by molar-refractivity contribution is 7.91. The minimum Gasteiger partial charge on any atom is -0.301 e. The minimum atomic E-state index is -3.19. The van der Waals surface area contributed by atoms with E-state index >= 15 is 0 Å². The van der Waals surface area contributed by atoms with Gasteiger partial charge >= 0.3 is 5.97 Å². The second-order valence-electron chi connectivity index (χ2n) is 4.13. The molecule has 0 rings (SSSR count). The van der Waals surface area contributed by atoms with Gasteiger partial charge in [-0.3, -0.25) is 0 Å². The smallest absolute Gasteiger partial charge is 0.301 e. The zero-order valence-electron chi connectivity index (χ0n) is 10.4. The Labute approximate surface area is 103 Å². The molecule has 0 aliphatic carbocycles. The summed E-state index contributed by atoms with van der Waals surface area (Å²) in [6.07, 6.45) is 5.82. The lowest BCUT2D eigenvalue weighted by molar-refractivity contribution is -0.233. The van der Waals surface area contributed by atoms with Crippen LogP contribution in [0, 0.1) is 0 Å². The van der Waals surface area contributed by atoms with Crippen LogP contribution in [0.4, 0.5) is 0 Å². The molecule has 0 atom stereocenters. The normalized spacial score (nSPS) is 11.4. The number of sulfone groups is 1. The van der Waals surface area contributed by atoms with Crippen LogP contribution in [-0.4, -0.2) is 31.2 Å². The number of hydrogen-bond acceptors (Lipinski definition) is 5. The lowest BCUT2D eigenvalue weighted by Gasteiger charge is -2.03. The Morgan fingerprint density at radius 3 is 2.24 bits per heavy atom. The van der Waals surface area contributed by atoms with Gasteiger partial charge in [-0.1, -0.05) is 39.0 Å². The van der Waals surface area contributed by atoms with Crippen molar-refractivity contribution in [2.75, 3.05) is 11.5 Å². The molecule has 0 heterocycles. The standard InChI is InChI=1S/C11H22O5S/c1-2-3-4-5-6-7-9-17(14,15)10-8-11(12)16-13/h13H,2-10H2,1H3. The molecule has 17 heavy (non-hydrogen) atoms. The van der Waals surface area contributed by atoms with Crippen molar-refractivity contribution in [1.29, 1.82) is 0 Å². The molecule has 6 heteroatoms. The summed E-state index contributed by atoms with van der Waals surface area (Å²) in [4.78, 5) is 14.0. The fourth-order valence-electron chi connectivity index (χ4n) is 1.49. The molecule has 0 aliphatic rings. The van der Waals surface area contributed by atoms with E-state index in [4.69, 9.17) is 5.26 Å². The molecule has 0 saturated heterocycles. The molecule has 1 N–H and O–H groups in total. The SMILES string of the molecule is CCCCCCCCS(=O)(=O)CCC(=O)OO. The van der Waals surface area contributed by atoms with Crippen molar-refractivity contribution in [1.82, 2.24) is 0 Å². The number of rotatable bonds is 10. The van der Waals surface area contributed by atoms with E-state index in [1.807, 2.05) is 0 Å². The average Bonchev–Trinajstić information content (AvgIpc) is 2.30. The van der Waals surface area contributed by atoms with E-state index in [0.717, 1.165) is 19.3 Å². The third-order valence-corrected chi connectivity index (χ3v) is 4.26. The van der Waals surface area contributed by atoms with Crippen molar-refractivity contribution in [2.45, 2.75) is 51.9 Å². The van der Waals surface area contributed by atoms with Crippen LogP contribution in [0.15, 0.2) is 0 Å². The van der Waals surface area contributed by atoms with E-state index in [1.54, 1.807) is 0 Å². The molecule has 0 bridgehead atoms. The predicted octanol–water partition coefficient (Wildman–Crippen LogP) is 2.17. The minimum absolute atomic E-state index is 0.109. The number of hydrogen-bond donors (Lipinski definition) is 1. The topological polar surface area (TPSA) is 80.7 Å². The third-order valence-electron chi connectivity index (χ3n) is 2.53. The molecule has 0 aromatic heterocycles. The van der Waals surface area contributed by atoms with E-state index in [9.17, 15) is 13.2 Å². The first-order valence-electron chi connectivity index (χ1n) is 6.06. The highest BCUT2D eigenvalue weighted by atomic mass is 32.2. The Hall–Kier alpha value is -0.620.